The van der Waals surface area contributed by atoms with Crippen LogP contribution in [0.2, 0.25) is 5.02 Å². The molecule has 1 aliphatic rings. The normalized spacial score (nSPS) is 15.2. The molecule has 1 saturated heterocycles. The van der Waals surface area contributed by atoms with Crippen LogP contribution in [0.3, 0.4) is 0 Å². The van der Waals surface area contributed by atoms with E-state index in [1.165, 1.54) is 6.08 Å². The van der Waals surface area contributed by atoms with E-state index in [0.717, 1.165) is 0 Å². The maximum absolute atomic E-state index is 12.0. The number of hydrogen-bond donors (Lipinski definition) is 2. The van der Waals surface area contributed by atoms with Gasteiger partial charge in [-0.1, -0.05) is 11.6 Å². The van der Waals surface area contributed by atoms with Gasteiger partial charge < -0.3 is 15.0 Å². The van der Waals surface area contributed by atoms with Gasteiger partial charge in [-0.3, -0.25) is 5.32 Å². The van der Waals surface area contributed by atoms with Crippen molar-refractivity contribution in [1.82, 2.24) is 10.2 Å². The molecule has 7 heteroatoms. The second-order valence-corrected chi connectivity index (χ2v) is 4.78. The highest BCUT2D eigenvalue weighted by Gasteiger charge is 2.15. The molecule has 21 heavy (non-hydrogen) atoms. The monoisotopic (exact) mass is 306 g/mol. The number of nitrogens with zero attached hydrogens (tertiary/aromatic N) is 2. The smallest absolute Gasteiger partial charge is 0.324 e. The third-order valence-electron chi connectivity index (χ3n) is 2.90. The Bertz CT molecular complexity index is 559. The summed E-state index contributed by atoms with van der Waals surface area (Å²) in [5, 5.41) is 14.8. The Morgan fingerprint density at radius 1 is 1.33 bits per heavy atom. The van der Waals surface area contributed by atoms with E-state index < -0.39 is 6.03 Å². The van der Waals surface area contributed by atoms with Gasteiger partial charge in [-0.15, -0.1) is 0 Å². The van der Waals surface area contributed by atoms with Gasteiger partial charge in [-0.05, 0) is 24.3 Å². The van der Waals surface area contributed by atoms with Crippen LogP contribution in [-0.4, -0.2) is 37.2 Å². The van der Waals surface area contributed by atoms with Crippen molar-refractivity contribution in [1.29, 1.82) is 5.26 Å². The number of benzene rings is 1. The van der Waals surface area contributed by atoms with Crippen LogP contribution >= 0.6 is 11.6 Å². The second-order valence-electron chi connectivity index (χ2n) is 4.34. The first-order chi connectivity index (χ1) is 10.2. The van der Waals surface area contributed by atoms with E-state index in [9.17, 15) is 4.79 Å². The van der Waals surface area contributed by atoms with Crippen LogP contribution in [0, 0.1) is 11.3 Å². The Kier molecular flexibility index (Phi) is 5.43. The fraction of sp³-hybridized carbons (Fsp3) is 0.286. The van der Waals surface area contributed by atoms with E-state index in [0.29, 0.717) is 42.8 Å². The van der Waals surface area contributed by atoms with Crippen molar-refractivity contribution in [2.24, 2.45) is 0 Å². The molecule has 6 nitrogen and oxygen atoms in total. The second kappa shape index (κ2) is 7.53. The topological polar surface area (TPSA) is 77.4 Å². The minimum atomic E-state index is -0.412. The predicted molar refractivity (Wildman–Crippen MR) is 79.7 cm³/mol. The SMILES string of the molecule is N#C/C=C(/NC(=O)Nc1ccc(Cl)cc1)N1CCOCC1. The predicted octanol–water partition coefficient (Wildman–Crippen LogP) is 2.16. The van der Waals surface area contributed by atoms with Gasteiger partial charge in [0.15, 0.2) is 0 Å². The molecule has 0 atom stereocenters. The number of halogens is 1. The standard InChI is InChI=1S/C14H15ClN4O2/c15-11-1-3-12(4-2-11)17-14(20)18-13(5-6-16)19-7-9-21-10-8-19/h1-5H,7-10H2,(H2,17,18,20)/b13-5-. The van der Waals surface area contributed by atoms with Crippen molar-refractivity contribution in [2.75, 3.05) is 31.6 Å². The summed E-state index contributed by atoms with van der Waals surface area (Å²) in [7, 11) is 0. The Balaban J connectivity index is 1.96. The molecule has 0 radical (unpaired) electrons. The molecule has 1 heterocycles. The lowest BCUT2D eigenvalue weighted by atomic mass is 10.3. The van der Waals surface area contributed by atoms with Crippen LogP contribution in [0.25, 0.3) is 0 Å². The molecular weight excluding hydrogens is 292 g/mol. The molecule has 1 aromatic carbocycles. The zero-order valence-electron chi connectivity index (χ0n) is 11.3. The quantitative estimate of drug-likeness (QED) is 0.839. The largest absolute Gasteiger partial charge is 0.378 e. The van der Waals surface area contributed by atoms with Gasteiger partial charge in [0.05, 0.1) is 25.4 Å². The fourth-order valence-electron chi connectivity index (χ4n) is 1.88. The van der Waals surface area contributed by atoms with Crippen LogP contribution in [0.1, 0.15) is 0 Å². The van der Waals surface area contributed by atoms with Crippen molar-refractivity contribution in [2.45, 2.75) is 0 Å². The first kappa shape index (κ1) is 15.2. The molecule has 1 fully saturated rings. The highest BCUT2D eigenvalue weighted by molar-refractivity contribution is 6.30. The maximum Gasteiger partial charge on any atom is 0.324 e. The third-order valence-corrected chi connectivity index (χ3v) is 3.15. The number of carbonyl (C=O) groups excluding carboxylic acids is 1. The summed E-state index contributed by atoms with van der Waals surface area (Å²) in [6.45, 7) is 2.41. The van der Waals surface area contributed by atoms with E-state index in [-0.39, 0.29) is 0 Å². The van der Waals surface area contributed by atoms with Crippen molar-refractivity contribution < 1.29 is 9.53 Å². The number of allylic oxidation sites excluding steroid dienone is 1. The van der Waals surface area contributed by atoms with Crippen LogP contribution in [-0.2, 0) is 4.74 Å². The average Bonchev–Trinajstić information content (AvgIpc) is 2.50. The Hall–Kier alpha value is -2.23. The van der Waals surface area contributed by atoms with Crippen LogP contribution in [0.4, 0.5) is 10.5 Å². The summed E-state index contributed by atoms with van der Waals surface area (Å²) < 4.78 is 5.25. The number of morpholine rings is 1. The van der Waals surface area contributed by atoms with Gasteiger partial charge in [-0.2, -0.15) is 5.26 Å². The van der Waals surface area contributed by atoms with E-state index in [1.807, 2.05) is 11.0 Å². The number of ether oxygens (including phenoxy) is 1. The lowest BCUT2D eigenvalue weighted by Crippen LogP contribution is -2.43. The molecule has 0 aromatic heterocycles. The molecule has 0 unspecified atom stereocenters. The number of hydrogen-bond acceptors (Lipinski definition) is 4. The molecule has 0 bridgehead atoms. The minimum Gasteiger partial charge on any atom is -0.378 e. The number of carbonyl (C=O) groups is 1. The molecule has 1 aliphatic heterocycles. The van der Waals surface area contributed by atoms with E-state index in [2.05, 4.69) is 10.6 Å². The molecule has 110 valence electrons. The van der Waals surface area contributed by atoms with E-state index >= 15 is 0 Å². The Morgan fingerprint density at radius 3 is 2.62 bits per heavy atom. The van der Waals surface area contributed by atoms with Crippen LogP contribution < -0.4 is 10.6 Å². The number of anilines is 1. The number of urea groups is 1. The lowest BCUT2D eigenvalue weighted by Gasteiger charge is -2.30. The molecule has 0 saturated carbocycles. The molecule has 2 rings (SSSR count). The summed E-state index contributed by atoms with van der Waals surface area (Å²) in [6, 6.07) is 8.29. The molecule has 2 N–H and O–H groups in total. The highest BCUT2D eigenvalue weighted by atomic mass is 35.5. The summed E-state index contributed by atoms with van der Waals surface area (Å²) in [4.78, 5) is 13.9. The summed E-state index contributed by atoms with van der Waals surface area (Å²) in [6.07, 6.45) is 1.31. The molecule has 2 amide bonds. The van der Waals surface area contributed by atoms with E-state index in [4.69, 9.17) is 21.6 Å². The van der Waals surface area contributed by atoms with Crippen molar-refractivity contribution >= 4 is 23.3 Å². The first-order valence-corrected chi connectivity index (χ1v) is 6.83. The number of rotatable bonds is 3. The maximum atomic E-state index is 12.0. The minimum absolute atomic E-state index is 0.412. The van der Waals surface area contributed by atoms with Crippen LogP contribution in [0.5, 0.6) is 0 Å². The first-order valence-electron chi connectivity index (χ1n) is 6.45. The summed E-state index contributed by atoms with van der Waals surface area (Å²) in [5.74, 6) is 0.465. The Morgan fingerprint density at radius 2 is 2.00 bits per heavy atom. The fourth-order valence-corrected chi connectivity index (χ4v) is 2.01. The van der Waals surface area contributed by atoms with Gasteiger partial charge in [0.1, 0.15) is 5.82 Å². The molecule has 0 aliphatic carbocycles. The van der Waals surface area contributed by atoms with E-state index in [1.54, 1.807) is 24.3 Å². The van der Waals surface area contributed by atoms with Crippen LogP contribution in [0.15, 0.2) is 36.2 Å². The summed E-state index contributed by atoms with van der Waals surface area (Å²) >= 11 is 5.78. The molecule has 1 aromatic rings. The van der Waals surface area contributed by atoms with Crippen molar-refractivity contribution in [3.05, 3.63) is 41.2 Å². The number of nitrogens with one attached hydrogen (secondary N) is 2. The highest BCUT2D eigenvalue weighted by Crippen LogP contribution is 2.13. The lowest BCUT2D eigenvalue weighted by molar-refractivity contribution is 0.0512. The van der Waals surface area contributed by atoms with Crippen molar-refractivity contribution in [3.8, 4) is 6.07 Å². The zero-order valence-corrected chi connectivity index (χ0v) is 12.1. The number of amides is 2. The van der Waals surface area contributed by atoms with Gasteiger partial charge >= 0.3 is 6.03 Å². The van der Waals surface area contributed by atoms with Crippen molar-refractivity contribution in [3.63, 3.8) is 0 Å². The van der Waals surface area contributed by atoms with Gasteiger partial charge in [0.2, 0.25) is 0 Å². The van der Waals surface area contributed by atoms with Gasteiger partial charge in [0.25, 0.3) is 0 Å². The average molecular weight is 307 g/mol. The van der Waals surface area contributed by atoms with Gasteiger partial charge in [-0.25, -0.2) is 4.79 Å². The number of nitriles is 1. The molecular formula is C14H15ClN4O2. The Labute approximate surface area is 127 Å². The third kappa shape index (κ3) is 4.67. The van der Waals surface area contributed by atoms with Gasteiger partial charge in [0, 0.05) is 23.8 Å². The molecule has 0 spiro atoms. The zero-order chi connectivity index (χ0) is 15.1. The summed E-state index contributed by atoms with van der Waals surface area (Å²) in [5.41, 5.74) is 0.621.